The van der Waals surface area contributed by atoms with Crippen LogP contribution in [0.25, 0.3) is 10.2 Å². The van der Waals surface area contributed by atoms with Crippen LogP contribution in [0.15, 0.2) is 18.2 Å². The van der Waals surface area contributed by atoms with E-state index in [0.29, 0.717) is 12.3 Å². The number of thiazole rings is 1. The lowest BCUT2D eigenvalue weighted by Crippen LogP contribution is -1.96. The summed E-state index contributed by atoms with van der Waals surface area (Å²) in [4.78, 5) is 15.9. The molecule has 0 radical (unpaired) electrons. The molecule has 1 aromatic carbocycles. The summed E-state index contributed by atoms with van der Waals surface area (Å²) in [5.41, 5.74) is 2.12. The molecule has 82 valence electrons. The van der Waals surface area contributed by atoms with E-state index in [9.17, 15) is 4.79 Å². The van der Waals surface area contributed by atoms with Gasteiger partial charge in [-0.25, -0.2) is 4.98 Å². The molecule has 0 bridgehead atoms. The zero-order chi connectivity index (χ0) is 11.1. The number of hydrogen-bond donors (Lipinski definition) is 0. The van der Waals surface area contributed by atoms with Crippen LogP contribution in [0.3, 0.4) is 0 Å². The van der Waals surface area contributed by atoms with E-state index < -0.39 is 0 Å². The van der Waals surface area contributed by atoms with Crippen LogP contribution in [-0.4, -0.2) is 10.8 Å². The van der Waals surface area contributed by atoms with E-state index >= 15 is 0 Å². The van der Waals surface area contributed by atoms with Crippen LogP contribution < -0.4 is 0 Å². The predicted octanol–water partition coefficient (Wildman–Crippen LogP) is 3.31. The Balaban J connectivity index is 2.09. The zero-order valence-corrected chi connectivity index (χ0v) is 10.0. The normalized spacial score (nSPS) is 15.6. The molecule has 1 saturated carbocycles. The molecule has 2 nitrogen and oxygen atoms in total. The average molecular weight is 231 g/mol. The number of fused-ring (bicyclic) bond motifs is 1. The first-order valence-corrected chi connectivity index (χ1v) is 6.43. The second-order valence-electron chi connectivity index (χ2n) is 4.47. The first kappa shape index (κ1) is 9.97. The van der Waals surface area contributed by atoms with Gasteiger partial charge < -0.3 is 0 Å². The van der Waals surface area contributed by atoms with Crippen LogP contribution >= 0.6 is 11.3 Å². The maximum absolute atomic E-state index is 11.2. The number of Topliss-reactive ketones (excluding diaryl/α,β-unsaturated/α-hetero) is 1. The summed E-state index contributed by atoms with van der Waals surface area (Å²) in [5.74, 6) is 0.899. The number of benzene rings is 1. The van der Waals surface area contributed by atoms with Crippen molar-refractivity contribution in [3.63, 3.8) is 0 Å². The highest BCUT2D eigenvalue weighted by Crippen LogP contribution is 2.43. The number of rotatable bonds is 3. The van der Waals surface area contributed by atoms with Crippen molar-refractivity contribution in [3.8, 4) is 0 Å². The molecule has 16 heavy (non-hydrogen) atoms. The molecule has 1 aromatic heterocycles. The Bertz CT molecular complexity index is 554. The van der Waals surface area contributed by atoms with Gasteiger partial charge in [0.2, 0.25) is 0 Å². The molecule has 0 saturated heterocycles. The van der Waals surface area contributed by atoms with Gasteiger partial charge in [-0.3, -0.25) is 4.79 Å². The first-order valence-electron chi connectivity index (χ1n) is 5.62. The van der Waals surface area contributed by atoms with Gasteiger partial charge in [0.05, 0.1) is 15.2 Å². The van der Waals surface area contributed by atoms with Gasteiger partial charge in [-0.05, 0) is 31.4 Å². The lowest BCUT2D eigenvalue weighted by molar-refractivity contribution is -0.116. The Hall–Kier alpha value is -1.22. The van der Waals surface area contributed by atoms with Gasteiger partial charge in [0, 0.05) is 12.3 Å². The second kappa shape index (κ2) is 3.67. The number of ketones is 1. The number of aromatic nitrogens is 1. The lowest BCUT2D eigenvalue weighted by Gasteiger charge is -1.97. The van der Waals surface area contributed by atoms with E-state index in [1.165, 1.54) is 22.5 Å². The minimum Gasteiger partial charge on any atom is -0.300 e. The number of para-hydroxylation sites is 1. The minimum atomic E-state index is 0.202. The van der Waals surface area contributed by atoms with Crippen molar-refractivity contribution in [2.45, 2.75) is 32.1 Å². The summed E-state index contributed by atoms with van der Waals surface area (Å²) in [6.07, 6.45) is 3.06. The zero-order valence-electron chi connectivity index (χ0n) is 9.19. The number of nitrogens with zero attached hydrogens (tertiary/aromatic N) is 1. The number of carbonyl (C=O) groups excluding carboxylic acids is 1. The fourth-order valence-corrected chi connectivity index (χ4v) is 3.12. The maximum Gasteiger partial charge on any atom is 0.134 e. The number of hydrogen-bond acceptors (Lipinski definition) is 3. The fraction of sp³-hybridized carbons (Fsp3) is 0.385. The summed E-state index contributed by atoms with van der Waals surface area (Å²) in [5, 5.41) is 1.26. The van der Waals surface area contributed by atoms with Crippen molar-refractivity contribution in [2.75, 3.05) is 0 Å². The molecule has 0 spiro atoms. The van der Waals surface area contributed by atoms with E-state index in [0.717, 1.165) is 11.1 Å². The second-order valence-corrected chi connectivity index (χ2v) is 5.53. The Morgan fingerprint density at radius 2 is 2.31 bits per heavy atom. The van der Waals surface area contributed by atoms with Gasteiger partial charge in [0.1, 0.15) is 5.78 Å². The molecule has 0 amide bonds. The van der Waals surface area contributed by atoms with Crippen LogP contribution in [0, 0.1) is 0 Å². The summed E-state index contributed by atoms with van der Waals surface area (Å²) >= 11 is 1.79. The summed E-state index contributed by atoms with van der Waals surface area (Å²) in [6.45, 7) is 1.63. The largest absolute Gasteiger partial charge is 0.300 e. The fourth-order valence-electron chi connectivity index (χ4n) is 1.94. The molecule has 3 heteroatoms. The van der Waals surface area contributed by atoms with E-state index in [-0.39, 0.29) is 5.78 Å². The third-order valence-electron chi connectivity index (χ3n) is 2.89. The molecule has 0 aliphatic heterocycles. The van der Waals surface area contributed by atoms with Gasteiger partial charge in [-0.1, -0.05) is 12.1 Å². The standard InChI is InChI=1S/C13H13NOS/c1-8(15)7-10-3-2-4-11-12(10)14-13(16-11)9-5-6-9/h2-4,9H,5-7H2,1H3. The van der Waals surface area contributed by atoms with Gasteiger partial charge in [0.25, 0.3) is 0 Å². The minimum absolute atomic E-state index is 0.202. The molecule has 1 aliphatic carbocycles. The molecule has 0 unspecified atom stereocenters. The lowest BCUT2D eigenvalue weighted by atomic mass is 10.1. The first-order chi connectivity index (χ1) is 7.74. The summed E-state index contributed by atoms with van der Waals surface area (Å²) < 4.78 is 1.22. The van der Waals surface area contributed by atoms with E-state index in [1.807, 2.05) is 12.1 Å². The van der Waals surface area contributed by atoms with Crippen molar-refractivity contribution >= 4 is 27.3 Å². The van der Waals surface area contributed by atoms with Crippen LogP contribution in [0.5, 0.6) is 0 Å². The van der Waals surface area contributed by atoms with Gasteiger partial charge >= 0.3 is 0 Å². The molecule has 1 aliphatic rings. The maximum atomic E-state index is 11.2. The van der Waals surface area contributed by atoms with E-state index in [4.69, 9.17) is 4.98 Å². The van der Waals surface area contributed by atoms with E-state index in [1.54, 1.807) is 18.3 Å². The third kappa shape index (κ3) is 1.76. The summed E-state index contributed by atoms with van der Waals surface area (Å²) in [6, 6.07) is 6.14. The van der Waals surface area contributed by atoms with Crippen molar-refractivity contribution < 1.29 is 4.79 Å². The summed E-state index contributed by atoms with van der Waals surface area (Å²) in [7, 11) is 0. The highest BCUT2D eigenvalue weighted by atomic mass is 32.1. The molecule has 0 N–H and O–H groups in total. The van der Waals surface area contributed by atoms with E-state index in [2.05, 4.69) is 6.07 Å². The van der Waals surface area contributed by atoms with Gasteiger partial charge in [-0.15, -0.1) is 11.3 Å². The smallest absolute Gasteiger partial charge is 0.134 e. The molecule has 0 atom stereocenters. The predicted molar refractivity (Wildman–Crippen MR) is 66.0 cm³/mol. The molecule has 2 aromatic rings. The molecule has 1 heterocycles. The van der Waals surface area contributed by atoms with Crippen LogP contribution in [0.2, 0.25) is 0 Å². The molecular weight excluding hydrogens is 218 g/mol. The SMILES string of the molecule is CC(=O)Cc1cccc2sc(C3CC3)nc12. The van der Waals surface area contributed by atoms with Crippen molar-refractivity contribution in [2.24, 2.45) is 0 Å². The number of carbonyl (C=O) groups is 1. The van der Waals surface area contributed by atoms with Crippen molar-refractivity contribution in [1.29, 1.82) is 0 Å². The monoisotopic (exact) mass is 231 g/mol. The van der Waals surface area contributed by atoms with Gasteiger partial charge in [0.15, 0.2) is 0 Å². The Kier molecular flexibility index (Phi) is 2.28. The Morgan fingerprint density at radius 1 is 1.50 bits per heavy atom. The molecule has 3 rings (SSSR count). The van der Waals surface area contributed by atoms with Crippen molar-refractivity contribution in [1.82, 2.24) is 4.98 Å². The quantitative estimate of drug-likeness (QED) is 0.811. The Labute approximate surface area is 98.3 Å². The van der Waals surface area contributed by atoms with Crippen LogP contribution in [0.1, 0.15) is 36.3 Å². The topological polar surface area (TPSA) is 30.0 Å². The molecular formula is C13H13NOS. The highest BCUT2D eigenvalue weighted by molar-refractivity contribution is 7.18. The average Bonchev–Trinajstić information content (AvgIpc) is 2.98. The van der Waals surface area contributed by atoms with Crippen molar-refractivity contribution in [3.05, 3.63) is 28.8 Å². The van der Waals surface area contributed by atoms with Gasteiger partial charge in [-0.2, -0.15) is 0 Å². The third-order valence-corrected chi connectivity index (χ3v) is 4.07. The van der Waals surface area contributed by atoms with Crippen LogP contribution in [-0.2, 0) is 11.2 Å². The van der Waals surface area contributed by atoms with Crippen LogP contribution in [0.4, 0.5) is 0 Å². The highest BCUT2D eigenvalue weighted by Gasteiger charge is 2.27. The Morgan fingerprint density at radius 3 is 3.00 bits per heavy atom. The molecule has 1 fully saturated rings.